The van der Waals surface area contributed by atoms with Crippen molar-refractivity contribution in [2.24, 2.45) is 5.41 Å². The number of hydrogen-bond acceptors (Lipinski definition) is 6. The maximum atomic E-state index is 12.9. The van der Waals surface area contributed by atoms with E-state index in [0.29, 0.717) is 6.42 Å². The fourth-order valence-electron chi connectivity index (χ4n) is 1.71. The van der Waals surface area contributed by atoms with Crippen molar-refractivity contribution < 1.29 is 45.2 Å². The Balaban J connectivity index is 3.11. The van der Waals surface area contributed by atoms with Gasteiger partial charge in [0.2, 0.25) is 6.10 Å². The van der Waals surface area contributed by atoms with Crippen LogP contribution in [-0.4, -0.2) is 42.9 Å². The summed E-state index contributed by atoms with van der Waals surface area (Å²) in [6.07, 6.45) is -7.84. The molecule has 0 heterocycles. The van der Waals surface area contributed by atoms with Crippen LogP contribution in [-0.2, 0) is 19.6 Å². The third-order valence-electron chi connectivity index (χ3n) is 3.73. The van der Waals surface area contributed by atoms with Crippen LogP contribution in [0.4, 0.5) is 13.2 Å². The van der Waals surface area contributed by atoms with Crippen molar-refractivity contribution in [2.75, 3.05) is 5.75 Å². The topological polar surface area (TPSA) is 107 Å². The second kappa shape index (κ2) is 8.78. The minimum Gasteiger partial charge on any atom is -0.448 e. The van der Waals surface area contributed by atoms with Crippen molar-refractivity contribution in [2.45, 2.75) is 39.5 Å². The molecule has 0 saturated carbocycles. The third-order valence-corrected chi connectivity index (χ3v) is 4.91. The van der Waals surface area contributed by atoms with E-state index in [1.165, 1.54) is 6.07 Å². The smallest absolute Gasteiger partial charge is 0.426 e. The number of halogens is 4. The number of hydrogen-bond donors (Lipinski definition) is 1. The molecule has 0 aromatic heterocycles. The van der Waals surface area contributed by atoms with E-state index in [1.807, 2.05) is 0 Å². The molecule has 7 nitrogen and oxygen atoms in total. The molecule has 0 spiro atoms. The maximum Gasteiger partial charge on any atom is 0.426 e. The predicted octanol–water partition coefficient (Wildman–Crippen LogP) is 3.77. The Morgan fingerprint density at radius 3 is 2.25 bits per heavy atom. The van der Waals surface area contributed by atoms with Gasteiger partial charge in [0.15, 0.2) is 0 Å². The predicted molar refractivity (Wildman–Crippen MR) is 95.5 cm³/mol. The normalized spacial score (nSPS) is 13.7. The van der Waals surface area contributed by atoms with E-state index in [1.54, 1.807) is 20.8 Å². The molecular weight excluding hydrogens is 473 g/mol. The standard InChI is InChI=1S/C16H18BrF3O7S/c1-4-15(2,3)14(22)26-11-6-9(5-10(17)7-11)13(21)27-12(16(18,19)20)8-28(23,24)25/h5-7,12H,4,8H2,1-3H3,(H,23,24,25). The Hall–Kier alpha value is -1.66. The van der Waals surface area contributed by atoms with Crippen LogP contribution in [0.1, 0.15) is 37.6 Å². The molecule has 0 radical (unpaired) electrons. The van der Waals surface area contributed by atoms with Gasteiger partial charge in [0, 0.05) is 4.47 Å². The molecule has 1 rings (SSSR count). The SMILES string of the molecule is CCC(C)(C)C(=O)Oc1cc(Br)cc(C(=O)OC(CS(=O)(=O)O)C(F)(F)F)c1. The Kier molecular flexibility index (Phi) is 7.65. The molecule has 1 aromatic carbocycles. The summed E-state index contributed by atoms with van der Waals surface area (Å²) in [5.74, 6) is -4.10. The quantitative estimate of drug-likeness (QED) is 0.352. The summed E-state index contributed by atoms with van der Waals surface area (Å²) in [5, 5.41) is 0. The van der Waals surface area contributed by atoms with Gasteiger partial charge in [0.1, 0.15) is 11.5 Å². The largest absolute Gasteiger partial charge is 0.448 e. The number of rotatable bonds is 7. The van der Waals surface area contributed by atoms with Crippen LogP contribution in [0, 0.1) is 5.41 Å². The summed E-state index contributed by atoms with van der Waals surface area (Å²) in [6.45, 7) is 5.02. The van der Waals surface area contributed by atoms with Crippen LogP contribution in [0.25, 0.3) is 0 Å². The minimum atomic E-state index is -5.22. The van der Waals surface area contributed by atoms with Gasteiger partial charge in [-0.2, -0.15) is 21.6 Å². The first-order valence-corrected chi connectivity index (χ1v) is 10.2. The fraction of sp³-hybridized carbons (Fsp3) is 0.500. The first kappa shape index (κ1) is 24.4. The van der Waals surface area contributed by atoms with Crippen molar-refractivity contribution in [1.29, 1.82) is 0 Å². The van der Waals surface area contributed by atoms with Crippen LogP contribution in [0.15, 0.2) is 22.7 Å². The lowest BCUT2D eigenvalue weighted by molar-refractivity contribution is -0.197. The summed E-state index contributed by atoms with van der Waals surface area (Å²) in [4.78, 5) is 24.2. The van der Waals surface area contributed by atoms with Crippen molar-refractivity contribution in [3.05, 3.63) is 28.2 Å². The number of carbonyl (C=O) groups excluding carboxylic acids is 2. The highest BCUT2D eigenvalue weighted by molar-refractivity contribution is 9.10. The lowest BCUT2D eigenvalue weighted by atomic mass is 9.91. The second-order valence-electron chi connectivity index (χ2n) is 6.49. The molecule has 0 amide bonds. The average molecular weight is 491 g/mol. The van der Waals surface area contributed by atoms with Crippen LogP contribution >= 0.6 is 15.9 Å². The molecule has 0 aliphatic carbocycles. The monoisotopic (exact) mass is 490 g/mol. The van der Waals surface area contributed by atoms with E-state index in [-0.39, 0.29) is 10.2 Å². The molecule has 0 aliphatic rings. The first-order chi connectivity index (χ1) is 12.5. The van der Waals surface area contributed by atoms with Gasteiger partial charge >= 0.3 is 18.1 Å². The van der Waals surface area contributed by atoms with E-state index < -0.39 is 51.1 Å². The second-order valence-corrected chi connectivity index (χ2v) is 8.90. The van der Waals surface area contributed by atoms with Gasteiger partial charge in [-0.25, -0.2) is 4.79 Å². The number of ether oxygens (including phenoxy) is 2. The van der Waals surface area contributed by atoms with Crippen LogP contribution in [0.5, 0.6) is 5.75 Å². The molecule has 28 heavy (non-hydrogen) atoms. The molecule has 0 bridgehead atoms. The van der Waals surface area contributed by atoms with Gasteiger partial charge in [-0.1, -0.05) is 22.9 Å². The van der Waals surface area contributed by atoms with Crippen LogP contribution in [0.2, 0.25) is 0 Å². The van der Waals surface area contributed by atoms with Crippen molar-refractivity contribution in [1.82, 2.24) is 0 Å². The zero-order valence-electron chi connectivity index (χ0n) is 15.0. The molecule has 0 fully saturated rings. The van der Waals surface area contributed by atoms with Gasteiger partial charge in [-0.05, 0) is 38.5 Å². The molecule has 158 valence electrons. The average Bonchev–Trinajstić information content (AvgIpc) is 2.51. The van der Waals surface area contributed by atoms with E-state index in [9.17, 15) is 31.2 Å². The molecule has 1 unspecified atom stereocenters. The number of carbonyl (C=O) groups is 2. The molecule has 1 N–H and O–H groups in total. The summed E-state index contributed by atoms with van der Waals surface area (Å²) in [7, 11) is -5.06. The molecular formula is C16H18BrF3O7S. The number of esters is 2. The highest BCUT2D eigenvalue weighted by Crippen LogP contribution is 2.29. The molecule has 1 aromatic rings. The summed E-state index contributed by atoms with van der Waals surface area (Å²) < 4.78 is 78.4. The molecule has 0 saturated heterocycles. The van der Waals surface area contributed by atoms with Gasteiger partial charge in [0.05, 0.1) is 11.0 Å². The zero-order chi connectivity index (χ0) is 21.9. The van der Waals surface area contributed by atoms with Gasteiger partial charge in [-0.15, -0.1) is 0 Å². The molecule has 12 heteroatoms. The first-order valence-electron chi connectivity index (χ1n) is 7.81. The molecule has 1 atom stereocenters. The van der Waals surface area contributed by atoms with Crippen molar-refractivity contribution >= 4 is 38.0 Å². The van der Waals surface area contributed by atoms with Gasteiger partial charge in [-0.3, -0.25) is 9.35 Å². The van der Waals surface area contributed by atoms with Gasteiger partial charge < -0.3 is 9.47 Å². The van der Waals surface area contributed by atoms with Crippen LogP contribution in [0.3, 0.4) is 0 Å². The third kappa shape index (κ3) is 7.40. The van der Waals surface area contributed by atoms with E-state index >= 15 is 0 Å². The zero-order valence-corrected chi connectivity index (χ0v) is 17.4. The summed E-state index contributed by atoms with van der Waals surface area (Å²) in [6, 6.07) is 3.41. The molecule has 0 aliphatic heterocycles. The van der Waals surface area contributed by atoms with Crippen molar-refractivity contribution in [3.63, 3.8) is 0 Å². The van der Waals surface area contributed by atoms with E-state index in [0.717, 1.165) is 12.1 Å². The van der Waals surface area contributed by atoms with Crippen molar-refractivity contribution in [3.8, 4) is 5.75 Å². The Morgan fingerprint density at radius 1 is 1.21 bits per heavy atom. The number of benzene rings is 1. The lowest BCUT2D eigenvalue weighted by Gasteiger charge is -2.21. The summed E-state index contributed by atoms with van der Waals surface area (Å²) in [5.41, 5.74) is -1.25. The van der Waals surface area contributed by atoms with Crippen LogP contribution < -0.4 is 4.74 Å². The maximum absolute atomic E-state index is 12.9. The highest BCUT2D eigenvalue weighted by atomic mass is 79.9. The minimum absolute atomic E-state index is 0.119. The Bertz CT molecular complexity index is 850. The lowest BCUT2D eigenvalue weighted by Crippen LogP contribution is -2.39. The number of alkyl halides is 3. The fourth-order valence-corrected chi connectivity index (χ4v) is 2.82. The van der Waals surface area contributed by atoms with E-state index in [2.05, 4.69) is 20.7 Å². The van der Waals surface area contributed by atoms with Gasteiger partial charge in [0.25, 0.3) is 10.1 Å². The van der Waals surface area contributed by atoms with E-state index in [4.69, 9.17) is 9.29 Å². The Labute approximate surface area is 168 Å². The highest BCUT2D eigenvalue weighted by Gasteiger charge is 2.45. The summed E-state index contributed by atoms with van der Waals surface area (Å²) >= 11 is 3.04. The Morgan fingerprint density at radius 2 is 1.79 bits per heavy atom.